The smallest absolute Gasteiger partial charge is 0.311 e. The molecular weight excluding hydrogens is 1110 g/mol. The predicted molar refractivity (Wildman–Crippen MR) is 365 cm³/mol. The van der Waals surface area contributed by atoms with E-state index in [1.54, 1.807) is 6.07 Å². The largest absolute Gasteiger partial charge is 0.416 e. The van der Waals surface area contributed by atoms with Crippen LogP contribution in [-0.2, 0) is 11.6 Å². The SMILES string of the molecule is CC(C)(C)c1ccc2c3cc(-c4cc5c6c(c4)N(c4ccccc4)c4ccc(-c7ccccc7)cc4B6c4cc(-c6ccccc6)ccc4N5c4ccccc4)ccc3n(-c3ccc(C(F)(F)F)cc3-c3nc(-c4ccccc4)nc(-c4ccccc4)n3)c2c1. The molecule has 0 radical (unpaired) electrons. The molecule has 0 bridgehead atoms. The van der Waals surface area contributed by atoms with Crippen molar-refractivity contribution in [3.05, 3.63) is 296 Å². The highest BCUT2D eigenvalue weighted by Gasteiger charge is 2.44. The summed E-state index contributed by atoms with van der Waals surface area (Å²) in [6, 6.07) is 97.3. The van der Waals surface area contributed by atoms with Crippen LogP contribution < -0.4 is 26.2 Å². The van der Waals surface area contributed by atoms with Gasteiger partial charge in [0.05, 0.1) is 22.3 Å². The zero-order chi connectivity index (χ0) is 60.8. The summed E-state index contributed by atoms with van der Waals surface area (Å²) in [5.74, 6) is 0.806. The first-order valence-corrected chi connectivity index (χ1v) is 30.3. The summed E-state index contributed by atoms with van der Waals surface area (Å²) in [5, 5.41) is 1.87. The second kappa shape index (κ2) is 21.4. The molecule has 14 aromatic rings. The minimum Gasteiger partial charge on any atom is -0.311 e. The minimum absolute atomic E-state index is 0.116. The molecule has 90 heavy (non-hydrogen) atoms. The lowest BCUT2D eigenvalue weighted by atomic mass is 9.33. The van der Waals surface area contributed by atoms with Gasteiger partial charge in [0, 0.05) is 61.6 Å². The first kappa shape index (κ1) is 54.3. The summed E-state index contributed by atoms with van der Waals surface area (Å²) in [4.78, 5) is 19.9. The van der Waals surface area contributed by atoms with Crippen LogP contribution in [0.5, 0.6) is 0 Å². The lowest BCUT2D eigenvalue weighted by molar-refractivity contribution is -0.137. The first-order valence-electron chi connectivity index (χ1n) is 30.3. The molecule has 0 N–H and O–H groups in total. The minimum atomic E-state index is -4.67. The summed E-state index contributed by atoms with van der Waals surface area (Å²) < 4.78 is 47.7. The van der Waals surface area contributed by atoms with E-state index < -0.39 is 11.7 Å². The van der Waals surface area contributed by atoms with Crippen molar-refractivity contribution in [3.63, 3.8) is 0 Å². The Bertz CT molecular complexity index is 4880. The summed E-state index contributed by atoms with van der Waals surface area (Å²) in [5.41, 5.74) is 20.3. The van der Waals surface area contributed by atoms with Crippen molar-refractivity contribution in [1.82, 2.24) is 19.5 Å². The van der Waals surface area contributed by atoms with E-state index in [0.717, 1.165) is 94.9 Å². The van der Waals surface area contributed by atoms with Gasteiger partial charge >= 0.3 is 6.18 Å². The van der Waals surface area contributed by atoms with E-state index in [1.165, 1.54) is 28.5 Å². The van der Waals surface area contributed by atoms with Crippen molar-refractivity contribution in [2.75, 3.05) is 9.80 Å². The molecule has 2 aliphatic rings. The van der Waals surface area contributed by atoms with Crippen LogP contribution in [0.1, 0.15) is 31.9 Å². The molecule has 0 saturated heterocycles. The Morgan fingerprint density at radius 3 is 1.24 bits per heavy atom. The lowest BCUT2D eigenvalue weighted by Gasteiger charge is -2.44. The molecule has 12 aromatic carbocycles. The number of rotatable bonds is 9. The Morgan fingerprint density at radius 1 is 0.322 bits per heavy atom. The van der Waals surface area contributed by atoms with Crippen molar-refractivity contribution >= 4 is 79.0 Å². The number of alkyl halides is 3. The van der Waals surface area contributed by atoms with Crippen molar-refractivity contribution < 1.29 is 13.2 Å². The number of halogens is 3. The van der Waals surface area contributed by atoms with Gasteiger partial charge in [0.1, 0.15) is 0 Å². The quantitative estimate of drug-likeness (QED) is 0.135. The van der Waals surface area contributed by atoms with Gasteiger partial charge in [-0.2, -0.15) is 13.2 Å². The Kier molecular flexibility index (Phi) is 12.9. The standard InChI is InChI=1S/C80H56BF3N6/c1-79(2,3)59-37-39-63-64-44-55(34-40-68(64)90(72(63)50-59)69-43-38-60(80(82,83)84)49-65(69)78-86-76(53-26-14-6-15-27-53)85-77(87-78)54-28-16-7-17-29-54)58-47-73-75-74(48-58)89(62-32-20-9-21-33-62)71-42-36-57(52-24-12-5-13-25-52)46-67(71)81(75)66-45-56(51-22-10-4-11-23-51)35-41-70(66)88(73)61-30-18-8-19-31-61/h4-50H,1-3H3. The van der Waals surface area contributed by atoms with Gasteiger partial charge in [-0.1, -0.05) is 221 Å². The van der Waals surface area contributed by atoms with Crippen molar-refractivity contribution in [3.8, 4) is 73.2 Å². The summed E-state index contributed by atoms with van der Waals surface area (Å²) >= 11 is 0. The zero-order valence-corrected chi connectivity index (χ0v) is 49.5. The van der Waals surface area contributed by atoms with Crippen LogP contribution in [0, 0.1) is 0 Å². The van der Waals surface area contributed by atoms with Crippen LogP contribution >= 0.6 is 0 Å². The highest BCUT2D eigenvalue weighted by Crippen LogP contribution is 2.49. The maximum Gasteiger partial charge on any atom is 0.416 e. The third-order valence-corrected chi connectivity index (χ3v) is 17.8. The molecule has 6 nitrogen and oxygen atoms in total. The summed E-state index contributed by atoms with van der Waals surface area (Å²) in [6.45, 7) is 6.36. The second-order valence-corrected chi connectivity index (χ2v) is 24.3. The molecule has 0 aliphatic carbocycles. The van der Waals surface area contributed by atoms with Crippen LogP contribution in [-0.4, -0.2) is 26.2 Å². The first-order chi connectivity index (χ1) is 43.9. The molecule has 0 unspecified atom stereocenters. The maximum atomic E-state index is 15.2. The maximum absolute atomic E-state index is 15.2. The average molecular weight is 1170 g/mol. The van der Waals surface area contributed by atoms with E-state index in [2.05, 4.69) is 241 Å². The summed E-state index contributed by atoms with van der Waals surface area (Å²) in [7, 11) is 0. The lowest BCUT2D eigenvalue weighted by Crippen LogP contribution is -2.61. The van der Waals surface area contributed by atoms with Gasteiger partial charge < -0.3 is 14.4 Å². The normalized spacial score (nSPS) is 12.7. The van der Waals surface area contributed by atoms with Crippen LogP contribution in [0.3, 0.4) is 0 Å². The molecule has 2 aromatic heterocycles. The molecule has 2 aliphatic heterocycles. The molecule has 0 amide bonds. The highest BCUT2D eigenvalue weighted by atomic mass is 19.4. The van der Waals surface area contributed by atoms with Crippen LogP contribution in [0.2, 0.25) is 0 Å². The van der Waals surface area contributed by atoms with E-state index in [-0.39, 0.29) is 23.5 Å². The molecule has 0 atom stereocenters. The second-order valence-electron chi connectivity index (χ2n) is 24.3. The molecular formula is C80H56BF3N6. The molecule has 10 heteroatoms. The van der Waals surface area contributed by atoms with E-state index >= 15 is 13.2 Å². The number of hydrogen-bond acceptors (Lipinski definition) is 5. The van der Waals surface area contributed by atoms with Crippen LogP contribution in [0.15, 0.2) is 285 Å². The number of anilines is 6. The van der Waals surface area contributed by atoms with Crippen molar-refractivity contribution in [2.45, 2.75) is 32.4 Å². The average Bonchev–Trinajstić information content (AvgIpc) is 0.775. The molecule has 4 heterocycles. The van der Waals surface area contributed by atoms with Gasteiger partial charge in [-0.25, -0.2) is 15.0 Å². The Hall–Kier alpha value is -11.1. The van der Waals surface area contributed by atoms with Gasteiger partial charge in [-0.3, -0.25) is 0 Å². The third-order valence-electron chi connectivity index (χ3n) is 17.8. The fourth-order valence-electron chi connectivity index (χ4n) is 13.4. The Balaban J connectivity index is 0.957. The van der Waals surface area contributed by atoms with Gasteiger partial charge in [-0.15, -0.1) is 0 Å². The number of hydrogen-bond donors (Lipinski definition) is 0. The fraction of sp³-hybridized carbons (Fsp3) is 0.0625. The third kappa shape index (κ3) is 9.33. The van der Waals surface area contributed by atoms with E-state index in [0.29, 0.717) is 28.5 Å². The van der Waals surface area contributed by atoms with Gasteiger partial charge in [0.15, 0.2) is 17.5 Å². The number of para-hydroxylation sites is 2. The Morgan fingerprint density at radius 2 is 0.756 bits per heavy atom. The van der Waals surface area contributed by atoms with E-state index in [1.807, 2.05) is 60.7 Å². The predicted octanol–water partition coefficient (Wildman–Crippen LogP) is 19.4. The number of aromatic nitrogens is 4. The van der Waals surface area contributed by atoms with Crippen LogP contribution in [0.25, 0.3) is 95.0 Å². The fourth-order valence-corrected chi connectivity index (χ4v) is 13.4. The molecule has 0 fully saturated rings. The monoisotopic (exact) mass is 1170 g/mol. The molecule has 430 valence electrons. The van der Waals surface area contributed by atoms with Gasteiger partial charge in [-0.05, 0) is 146 Å². The number of fused-ring (bicyclic) bond motifs is 7. The topological polar surface area (TPSA) is 50.1 Å². The van der Waals surface area contributed by atoms with E-state index in [4.69, 9.17) is 15.0 Å². The van der Waals surface area contributed by atoms with Gasteiger partial charge in [0.25, 0.3) is 6.71 Å². The van der Waals surface area contributed by atoms with Crippen LogP contribution in [0.4, 0.5) is 47.3 Å². The summed E-state index contributed by atoms with van der Waals surface area (Å²) in [6.07, 6.45) is -4.67. The Labute approximate surface area is 520 Å². The number of benzene rings is 12. The zero-order valence-electron chi connectivity index (χ0n) is 49.5. The molecule has 16 rings (SSSR count). The highest BCUT2D eigenvalue weighted by molar-refractivity contribution is 7.00. The van der Waals surface area contributed by atoms with E-state index in [9.17, 15) is 0 Å². The van der Waals surface area contributed by atoms with Crippen molar-refractivity contribution in [2.24, 2.45) is 0 Å². The molecule has 0 spiro atoms. The number of nitrogens with zero attached hydrogens (tertiary/aromatic N) is 6. The molecule has 0 saturated carbocycles. The van der Waals surface area contributed by atoms with Gasteiger partial charge in [0.2, 0.25) is 0 Å². The van der Waals surface area contributed by atoms with Crippen molar-refractivity contribution in [1.29, 1.82) is 0 Å².